The highest BCUT2D eigenvalue weighted by molar-refractivity contribution is 5.97. The van der Waals surface area contributed by atoms with E-state index in [0.29, 0.717) is 29.4 Å². The Balaban J connectivity index is 1.44. The van der Waals surface area contributed by atoms with Gasteiger partial charge in [0, 0.05) is 12.2 Å². The zero-order valence-corrected chi connectivity index (χ0v) is 14.7. The molecule has 0 aliphatic carbocycles. The lowest BCUT2D eigenvalue weighted by Gasteiger charge is -2.06. The molecule has 0 bridgehead atoms. The van der Waals surface area contributed by atoms with Gasteiger partial charge in [-0.3, -0.25) is 4.79 Å². The zero-order chi connectivity index (χ0) is 18.1. The number of amides is 1. The molecule has 1 aliphatic rings. The van der Waals surface area contributed by atoms with E-state index < -0.39 is 0 Å². The predicted octanol–water partition coefficient (Wildman–Crippen LogP) is 2.41. The van der Waals surface area contributed by atoms with Gasteiger partial charge in [-0.2, -0.15) is 4.98 Å². The van der Waals surface area contributed by atoms with Crippen molar-refractivity contribution in [2.24, 2.45) is 0 Å². The van der Waals surface area contributed by atoms with Gasteiger partial charge in [-0.15, -0.1) is 0 Å². The average Bonchev–Trinajstić information content (AvgIpc) is 3.31. The van der Waals surface area contributed by atoms with Gasteiger partial charge in [0.2, 0.25) is 0 Å². The van der Waals surface area contributed by atoms with E-state index in [2.05, 4.69) is 25.4 Å². The molecule has 0 radical (unpaired) electrons. The van der Waals surface area contributed by atoms with Crippen LogP contribution in [0.15, 0.2) is 22.7 Å². The van der Waals surface area contributed by atoms with Crippen LogP contribution in [-0.4, -0.2) is 32.6 Å². The topological polar surface area (TPSA) is 103 Å². The number of aromatic nitrogens is 4. The van der Waals surface area contributed by atoms with Crippen molar-refractivity contribution in [3.8, 4) is 0 Å². The molecular weight excluding hydrogens is 334 g/mol. The highest BCUT2D eigenvalue weighted by Crippen LogP contribution is 2.26. The molecule has 1 aliphatic heterocycles. The molecule has 1 N–H and O–H groups in total. The van der Waals surface area contributed by atoms with Crippen LogP contribution in [0.5, 0.6) is 0 Å². The molecule has 8 heteroatoms. The summed E-state index contributed by atoms with van der Waals surface area (Å²) in [7, 11) is 0. The largest absolute Gasteiger partial charge is 0.368 e. The maximum atomic E-state index is 12.4. The third-order valence-electron chi connectivity index (χ3n) is 4.43. The lowest BCUT2D eigenvalue weighted by atomic mass is 10.1. The summed E-state index contributed by atoms with van der Waals surface area (Å²) in [5.41, 5.74) is 3.71. The molecule has 3 aromatic rings. The van der Waals surface area contributed by atoms with E-state index in [9.17, 15) is 4.79 Å². The summed E-state index contributed by atoms with van der Waals surface area (Å²) in [5.74, 6) is 0.671. The molecule has 0 spiro atoms. The van der Waals surface area contributed by atoms with Crippen LogP contribution < -0.4 is 5.32 Å². The molecule has 134 valence electrons. The maximum absolute atomic E-state index is 12.4. The van der Waals surface area contributed by atoms with Gasteiger partial charge in [-0.05, 0) is 44.9 Å². The summed E-state index contributed by atoms with van der Waals surface area (Å²) in [5, 5.41) is 6.69. The second-order valence-corrected chi connectivity index (χ2v) is 6.33. The maximum Gasteiger partial charge on any atom is 0.255 e. The first-order chi connectivity index (χ1) is 12.6. The van der Waals surface area contributed by atoms with Crippen LogP contribution in [0.2, 0.25) is 0 Å². The Bertz CT molecular complexity index is 963. The van der Waals surface area contributed by atoms with E-state index in [1.165, 1.54) is 0 Å². The van der Waals surface area contributed by atoms with E-state index in [1.54, 1.807) is 18.2 Å². The number of aryl methyl sites for hydroxylation is 2. The minimum atomic E-state index is -0.226. The van der Waals surface area contributed by atoms with Crippen molar-refractivity contribution in [3.63, 3.8) is 0 Å². The molecule has 8 nitrogen and oxygen atoms in total. The third kappa shape index (κ3) is 3.28. The lowest BCUT2D eigenvalue weighted by Crippen LogP contribution is -2.23. The Kier molecular flexibility index (Phi) is 4.34. The van der Waals surface area contributed by atoms with E-state index in [-0.39, 0.29) is 18.6 Å². The van der Waals surface area contributed by atoms with Crippen LogP contribution in [-0.2, 0) is 11.3 Å². The van der Waals surface area contributed by atoms with Gasteiger partial charge in [-0.1, -0.05) is 5.16 Å². The Hall–Kier alpha value is -2.87. The fourth-order valence-corrected chi connectivity index (χ4v) is 2.88. The number of ether oxygens (including phenoxy) is 1. The molecule has 26 heavy (non-hydrogen) atoms. The van der Waals surface area contributed by atoms with Crippen LogP contribution in [0, 0.1) is 13.8 Å². The van der Waals surface area contributed by atoms with Crippen molar-refractivity contribution < 1.29 is 14.1 Å². The smallest absolute Gasteiger partial charge is 0.255 e. The zero-order valence-electron chi connectivity index (χ0n) is 14.7. The van der Waals surface area contributed by atoms with E-state index in [1.807, 2.05) is 13.8 Å². The molecule has 1 aromatic carbocycles. The Labute approximate surface area is 150 Å². The molecule has 1 saturated heterocycles. The van der Waals surface area contributed by atoms with Crippen molar-refractivity contribution in [1.29, 1.82) is 0 Å². The molecule has 1 amide bonds. The number of fused-ring (bicyclic) bond motifs is 1. The van der Waals surface area contributed by atoms with Crippen LogP contribution in [0.4, 0.5) is 0 Å². The van der Waals surface area contributed by atoms with Gasteiger partial charge in [0.15, 0.2) is 5.82 Å². The summed E-state index contributed by atoms with van der Waals surface area (Å²) < 4.78 is 10.7. The summed E-state index contributed by atoms with van der Waals surface area (Å²) in [6.07, 6.45) is 1.74. The molecule has 3 heterocycles. The molecule has 4 rings (SSSR count). The van der Waals surface area contributed by atoms with Gasteiger partial charge in [0.05, 0.1) is 29.0 Å². The Morgan fingerprint density at radius 2 is 2.00 bits per heavy atom. The molecule has 0 saturated carbocycles. The van der Waals surface area contributed by atoms with E-state index in [0.717, 1.165) is 29.7 Å². The number of carbonyl (C=O) groups excluding carboxylic acids is 1. The standard InChI is InChI=1S/C18H19N5O3/c1-10-11(2)21-14-8-12(5-6-13(14)20-10)17(24)19-9-16-22-18(26-23-16)15-4-3-7-25-15/h5-6,8,15H,3-4,7,9H2,1-2H3,(H,19,24)/t15-/m1/s1. The number of nitrogens with one attached hydrogen (secondary N) is 1. The SMILES string of the molecule is Cc1nc2ccc(C(=O)NCc3noc([C@H]4CCCO4)n3)cc2nc1C. The van der Waals surface area contributed by atoms with Gasteiger partial charge in [0.1, 0.15) is 6.10 Å². The van der Waals surface area contributed by atoms with Crippen molar-refractivity contribution in [2.75, 3.05) is 6.61 Å². The highest BCUT2D eigenvalue weighted by Gasteiger charge is 2.23. The second kappa shape index (κ2) is 6.80. The second-order valence-electron chi connectivity index (χ2n) is 6.33. The Morgan fingerprint density at radius 3 is 2.77 bits per heavy atom. The highest BCUT2D eigenvalue weighted by atomic mass is 16.5. The van der Waals surface area contributed by atoms with Crippen molar-refractivity contribution in [3.05, 3.63) is 46.9 Å². The monoisotopic (exact) mass is 353 g/mol. The number of hydrogen-bond acceptors (Lipinski definition) is 7. The van der Waals surface area contributed by atoms with Crippen molar-refractivity contribution in [1.82, 2.24) is 25.4 Å². The molecule has 2 aromatic heterocycles. The van der Waals surface area contributed by atoms with Crippen molar-refractivity contribution in [2.45, 2.75) is 39.3 Å². The summed E-state index contributed by atoms with van der Waals surface area (Å²) in [6, 6.07) is 5.26. The fraction of sp³-hybridized carbons (Fsp3) is 0.389. The van der Waals surface area contributed by atoms with Crippen molar-refractivity contribution >= 4 is 16.9 Å². The first-order valence-electron chi connectivity index (χ1n) is 8.57. The average molecular weight is 353 g/mol. The van der Waals surface area contributed by atoms with Crippen LogP contribution in [0.1, 0.15) is 52.4 Å². The van der Waals surface area contributed by atoms with Crippen LogP contribution in [0.25, 0.3) is 11.0 Å². The number of carbonyl (C=O) groups is 1. The first kappa shape index (κ1) is 16.6. The number of benzene rings is 1. The Morgan fingerprint density at radius 1 is 1.19 bits per heavy atom. The first-order valence-corrected chi connectivity index (χ1v) is 8.57. The number of nitrogens with zero attached hydrogens (tertiary/aromatic N) is 4. The van der Waals surface area contributed by atoms with E-state index in [4.69, 9.17) is 9.26 Å². The van der Waals surface area contributed by atoms with Crippen LogP contribution >= 0.6 is 0 Å². The lowest BCUT2D eigenvalue weighted by molar-refractivity contribution is 0.0835. The number of hydrogen-bond donors (Lipinski definition) is 1. The minimum Gasteiger partial charge on any atom is -0.368 e. The van der Waals surface area contributed by atoms with Gasteiger partial charge < -0.3 is 14.6 Å². The summed E-state index contributed by atoms with van der Waals surface area (Å²) >= 11 is 0. The predicted molar refractivity (Wildman–Crippen MR) is 92.4 cm³/mol. The molecule has 1 atom stereocenters. The van der Waals surface area contributed by atoms with Crippen LogP contribution in [0.3, 0.4) is 0 Å². The van der Waals surface area contributed by atoms with Gasteiger partial charge in [-0.25, -0.2) is 9.97 Å². The van der Waals surface area contributed by atoms with Gasteiger partial charge >= 0.3 is 0 Å². The normalized spacial score (nSPS) is 16.9. The molecular formula is C18H19N5O3. The summed E-state index contributed by atoms with van der Waals surface area (Å²) in [4.78, 5) is 25.7. The van der Waals surface area contributed by atoms with Gasteiger partial charge in [0.25, 0.3) is 11.8 Å². The minimum absolute atomic E-state index is 0.127. The van der Waals surface area contributed by atoms with E-state index >= 15 is 0 Å². The quantitative estimate of drug-likeness (QED) is 0.768. The molecule has 1 fully saturated rings. The third-order valence-corrected chi connectivity index (χ3v) is 4.43. The summed E-state index contributed by atoms with van der Waals surface area (Å²) in [6.45, 7) is 4.71. The number of rotatable bonds is 4. The fourth-order valence-electron chi connectivity index (χ4n) is 2.88. The molecule has 0 unspecified atom stereocenters.